The fourth-order valence-electron chi connectivity index (χ4n) is 2.06. The van der Waals surface area contributed by atoms with Crippen molar-refractivity contribution in [1.29, 1.82) is 0 Å². The minimum atomic E-state index is -0.455. The summed E-state index contributed by atoms with van der Waals surface area (Å²) in [6, 6.07) is 15.5. The number of aliphatic hydroxyl groups excluding tert-OH is 1. The summed E-state index contributed by atoms with van der Waals surface area (Å²) in [5, 5.41) is 10.7. The summed E-state index contributed by atoms with van der Waals surface area (Å²) in [6.07, 6.45) is 0.230. The fraction of sp³-hybridized carbons (Fsp3) is 0.188. The van der Waals surface area contributed by atoms with Gasteiger partial charge in [-0.3, -0.25) is 0 Å². The summed E-state index contributed by atoms with van der Waals surface area (Å²) >= 11 is 1.45. The van der Waals surface area contributed by atoms with Crippen LogP contribution in [0.25, 0.3) is 11.1 Å². The molecule has 0 saturated carbocycles. The molecule has 4 heteroatoms. The smallest absolute Gasteiger partial charge is 0.261 e. The topological polar surface area (TPSA) is 46.3 Å². The quantitative estimate of drug-likeness (QED) is 0.770. The van der Waals surface area contributed by atoms with Gasteiger partial charge in [0.05, 0.1) is 6.10 Å². The number of benzene rings is 2. The van der Waals surface area contributed by atoms with Gasteiger partial charge in [0.2, 0.25) is 0 Å². The molecule has 1 heterocycles. The van der Waals surface area contributed by atoms with Crippen molar-refractivity contribution in [2.75, 3.05) is 0 Å². The van der Waals surface area contributed by atoms with Crippen LogP contribution in [-0.4, -0.2) is 10.1 Å². The Labute approximate surface area is 121 Å². The Balaban J connectivity index is 1.94. The third kappa shape index (κ3) is 2.57. The lowest BCUT2D eigenvalue weighted by molar-refractivity contribution is 0.171. The molecule has 1 N–H and O–H groups in total. The second-order valence-electron chi connectivity index (χ2n) is 4.51. The minimum absolute atomic E-state index is 0.455. The second-order valence-corrected chi connectivity index (χ2v) is 5.50. The molecule has 3 aromatic rings. The van der Waals surface area contributed by atoms with Gasteiger partial charge in [-0.1, -0.05) is 37.3 Å². The van der Waals surface area contributed by atoms with Crippen molar-refractivity contribution in [3.63, 3.8) is 0 Å². The van der Waals surface area contributed by atoms with Gasteiger partial charge in [0.25, 0.3) is 5.22 Å². The molecule has 0 bridgehead atoms. The molecule has 0 saturated heterocycles. The molecular formula is C16H15NO2S. The Morgan fingerprint density at radius 3 is 2.70 bits per heavy atom. The van der Waals surface area contributed by atoms with Crippen LogP contribution in [0.5, 0.6) is 0 Å². The predicted molar refractivity (Wildman–Crippen MR) is 79.8 cm³/mol. The Hall–Kier alpha value is -1.78. The van der Waals surface area contributed by atoms with Gasteiger partial charge in [0.15, 0.2) is 5.58 Å². The number of hydrogen-bond acceptors (Lipinski definition) is 4. The van der Waals surface area contributed by atoms with Crippen molar-refractivity contribution in [2.24, 2.45) is 0 Å². The van der Waals surface area contributed by atoms with Crippen LogP contribution < -0.4 is 0 Å². The molecule has 0 aliphatic rings. The largest absolute Gasteiger partial charge is 0.431 e. The van der Waals surface area contributed by atoms with E-state index in [1.165, 1.54) is 11.8 Å². The van der Waals surface area contributed by atoms with E-state index in [-0.39, 0.29) is 0 Å². The first kappa shape index (κ1) is 13.2. The van der Waals surface area contributed by atoms with Crippen molar-refractivity contribution in [3.05, 3.63) is 54.1 Å². The minimum Gasteiger partial charge on any atom is -0.431 e. The van der Waals surface area contributed by atoms with Crippen LogP contribution in [0.15, 0.2) is 63.1 Å². The van der Waals surface area contributed by atoms with Crippen LogP contribution in [0.4, 0.5) is 0 Å². The van der Waals surface area contributed by atoms with Gasteiger partial charge in [0, 0.05) is 4.90 Å². The molecular weight excluding hydrogens is 270 g/mol. The lowest BCUT2D eigenvalue weighted by Crippen LogP contribution is -1.97. The summed E-state index contributed by atoms with van der Waals surface area (Å²) in [6.45, 7) is 1.96. The molecule has 2 aromatic carbocycles. The van der Waals surface area contributed by atoms with E-state index in [0.717, 1.165) is 21.6 Å². The van der Waals surface area contributed by atoms with Gasteiger partial charge in [-0.25, -0.2) is 4.98 Å². The van der Waals surface area contributed by atoms with Crippen LogP contribution in [0.3, 0.4) is 0 Å². The monoisotopic (exact) mass is 285 g/mol. The first-order chi connectivity index (χ1) is 9.78. The van der Waals surface area contributed by atoms with Crippen LogP contribution in [0.2, 0.25) is 0 Å². The van der Waals surface area contributed by atoms with E-state index in [0.29, 0.717) is 11.6 Å². The molecule has 1 atom stereocenters. The molecule has 3 nitrogen and oxygen atoms in total. The van der Waals surface area contributed by atoms with Gasteiger partial charge < -0.3 is 9.52 Å². The zero-order valence-corrected chi connectivity index (χ0v) is 11.9. The van der Waals surface area contributed by atoms with Crippen LogP contribution in [0.1, 0.15) is 25.0 Å². The molecule has 0 fully saturated rings. The van der Waals surface area contributed by atoms with Gasteiger partial charge in [-0.2, -0.15) is 0 Å². The maximum Gasteiger partial charge on any atom is 0.261 e. The highest BCUT2D eigenvalue weighted by Crippen LogP contribution is 2.35. The van der Waals surface area contributed by atoms with Crippen LogP contribution >= 0.6 is 11.8 Å². The summed E-state index contributed by atoms with van der Waals surface area (Å²) in [5.74, 6) is 0. The number of oxazole rings is 1. The van der Waals surface area contributed by atoms with E-state index < -0.39 is 6.10 Å². The molecule has 102 valence electrons. The normalized spacial score (nSPS) is 12.7. The first-order valence-electron chi connectivity index (χ1n) is 6.58. The average Bonchev–Trinajstić information content (AvgIpc) is 2.89. The molecule has 0 amide bonds. The highest BCUT2D eigenvalue weighted by molar-refractivity contribution is 7.99. The number of aromatic nitrogens is 1. The Bertz CT molecular complexity index is 690. The molecule has 20 heavy (non-hydrogen) atoms. The highest BCUT2D eigenvalue weighted by atomic mass is 32.2. The number of fused-ring (bicyclic) bond motifs is 1. The maximum atomic E-state index is 10.1. The Morgan fingerprint density at radius 1 is 1.15 bits per heavy atom. The van der Waals surface area contributed by atoms with E-state index in [1.807, 2.05) is 55.5 Å². The number of nitrogens with zero attached hydrogens (tertiary/aromatic N) is 1. The van der Waals surface area contributed by atoms with Crippen molar-refractivity contribution in [1.82, 2.24) is 4.98 Å². The van der Waals surface area contributed by atoms with Gasteiger partial charge in [-0.05, 0) is 41.9 Å². The van der Waals surface area contributed by atoms with Crippen molar-refractivity contribution in [2.45, 2.75) is 29.6 Å². The number of hydrogen-bond donors (Lipinski definition) is 1. The van der Waals surface area contributed by atoms with Crippen molar-refractivity contribution >= 4 is 22.9 Å². The summed E-state index contributed by atoms with van der Waals surface area (Å²) < 4.78 is 5.71. The molecule has 0 radical (unpaired) electrons. The maximum absolute atomic E-state index is 10.1. The molecule has 3 rings (SSSR count). The molecule has 1 aromatic heterocycles. The zero-order chi connectivity index (χ0) is 13.9. The van der Waals surface area contributed by atoms with Gasteiger partial charge in [0.1, 0.15) is 5.52 Å². The number of para-hydroxylation sites is 2. The standard InChI is InChI=1S/C16H15NO2S/c1-2-13(18)11-7-3-6-10-15(11)20-16-17-12-8-4-5-9-14(12)19-16/h3-10,13,18H,2H2,1H3/t13-/m1/s1. The Morgan fingerprint density at radius 2 is 1.90 bits per heavy atom. The highest BCUT2D eigenvalue weighted by Gasteiger charge is 2.14. The predicted octanol–water partition coefficient (Wildman–Crippen LogP) is 4.42. The van der Waals surface area contributed by atoms with Crippen LogP contribution in [0, 0.1) is 0 Å². The zero-order valence-electron chi connectivity index (χ0n) is 11.1. The van der Waals surface area contributed by atoms with Crippen molar-refractivity contribution in [3.8, 4) is 0 Å². The fourth-order valence-corrected chi connectivity index (χ4v) is 2.99. The van der Waals surface area contributed by atoms with E-state index in [4.69, 9.17) is 4.42 Å². The Kier molecular flexibility index (Phi) is 3.76. The van der Waals surface area contributed by atoms with E-state index in [2.05, 4.69) is 4.98 Å². The second kappa shape index (κ2) is 5.69. The van der Waals surface area contributed by atoms with Gasteiger partial charge >= 0.3 is 0 Å². The van der Waals surface area contributed by atoms with Gasteiger partial charge in [-0.15, -0.1) is 0 Å². The average molecular weight is 285 g/mol. The number of aliphatic hydroxyl groups is 1. The summed E-state index contributed by atoms with van der Waals surface area (Å²) in [5.41, 5.74) is 2.55. The number of rotatable bonds is 4. The van der Waals surface area contributed by atoms with E-state index in [1.54, 1.807) is 0 Å². The van der Waals surface area contributed by atoms with Crippen LogP contribution in [-0.2, 0) is 0 Å². The first-order valence-corrected chi connectivity index (χ1v) is 7.40. The molecule has 0 unspecified atom stereocenters. The lowest BCUT2D eigenvalue weighted by Gasteiger charge is -2.11. The summed E-state index contributed by atoms with van der Waals surface area (Å²) in [7, 11) is 0. The summed E-state index contributed by atoms with van der Waals surface area (Å²) in [4.78, 5) is 5.43. The third-order valence-corrected chi connectivity index (χ3v) is 4.08. The third-order valence-electron chi connectivity index (χ3n) is 3.14. The SMILES string of the molecule is CC[C@@H](O)c1ccccc1Sc1nc2ccccc2o1. The van der Waals surface area contributed by atoms with E-state index in [9.17, 15) is 5.11 Å². The molecule has 0 spiro atoms. The van der Waals surface area contributed by atoms with Crippen molar-refractivity contribution < 1.29 is 9.52 Å². The van der Waals surface area contributed by atoms with E-state index >= 15 is 0 Å². The molecule has 0 aliphatic heterocycles. The lowest BCUT2D eigenvalue weighted by atomic mass is 10.1. The molecule has 0 aliphatic carbocycles.